The Morgan fingerprint density at radius 2 is 2.06 bits per heavy atom. The van der Waals surface area contributed by atoms with Crippen molar-refractivity contribution in [1.29, 1.82) is 0 Å². The Hall–Kier alpha value is -3.33. The van der Waals surface area contributed by atoms with E-state index in [1.165, 1.54) is 0 Å². The van der Waals surface area contributed by atoms with Gasteiger partial charge in [-0.2, -0.15) is 0 Å². The van der Waals surface area contributed by atoms with E-state index in [1.807, 2.05) is 50.3 Å². The Morgan fingerprint density at radius 1 is 1.22 bits per heavy atom. The van der Waals surface area contributed by atoms with Gasteiger partial charge in [-0.25, -0.2) is 9.97 Å². The lowest BCUT2D eigenvalue weighted by Gasteiger charge is -2.16. The van der Waals surface area contributed by atoms with Crippen molar-refractivity contribution >= 4 is 17.5 Å². The molecule has 5 rings (SSSR count). The Kier molecular flexibility index (Phi) is 5.13. The summed E-state index contributed by atoms with van der Waals surface area (Å²) in [6.45, 7) is 3.24. The van der Waals surface area contributed by atoms with Crippen LogP contribution in [-0.4, -0.2) is 51.8 Å². The lowest BCUT2D eigenvalue weighted by molar-refractivity contribution is 0.0996. The van der Waals surface area contributed by atoms with E-state index in [-0.39, 0.29) is 5.91 Å². The summed E-state index contributed by atoms with van der Waals surface area (Å²) >= 11 is 0. The van der Waals surface area contributed by atoms with E-state index < -0.39 is 0 Å². The average Bonchev–Trinajstić information content (AvgIpc) is 3.48. The predicted octanol–water partition coefficient (Wildman–Crippen LogP) is 2.58. The molecule has 0 fully saturated rings. The molecular weight excluding hydrogens is 404 g/mol. The predicted molar refractivity (Wildman–Crippen MR) is 123 cm³/mol. The molecule has 0 saturated carbocycles. The van der Waals surface area contributed by atoms with Crippen LogP contribution in [0.1, 0.15) is 53.2 Å². The Morgan fingerprint density at radius 3 is 2.81 bits per heavy atom. The number of rotatable bonds is 6. The summed E-state index contributed by atoms with van der Waals surface area (Å²) in [7, 11) is 5.75. The van der Waals surface area contributed by atoms with E-state index >= 15 is 0 Å². The maximum absolute atomic E-state index is 13.4. The van der Waals surface area contributed by atoms with Gasteiger partial charge in [0.25, 0.3) is 5.91 Å². The van der Waals surface area contributed by atoms with E-state index in [1.54, 1.807) is 4.90 Å². The zero-order valence-corrected chi connectivity index (χ0v) is 19.0. The molecule has 0 spiro atoms. The highest BCUT2D eigenvalue weighted by Crippen LogP contribution is 2.34. The lowest BCUT2D eigenvalue weighted by Crippen LogP contribution is -2.24. The number of fused-ring (bicyclic) bond motifs is 2. The Bertz CT molecular complexity index is 1180. The molecule has 3 aromatic rings. The molecule has 1 N–H and O–H groups in total. The first-order valence-electron chi connectivity index (χ1n) is 11.1. The second-order valence-electron chi connectivity index (χ2n) is 8.56. The summed E-state index contributed by atoms with van der Waals surface area (Å²) in [5.41, 5.74) is 3.28. The van der Waals surface area contributed by atoms with Crippen LogP contribution in [-0.2, 0) is 19.5 Å². The largest absolute Gasteiger partial charge is 0.363 e. The second-order valence-corrected chi connectivity index (χ2v) is 8.56. The van der Waals surface area contributed by atoms with Crippen LogP contribution in [0.5, 0.6) is 0 Å². The topological polar surface area (TPSA) is 92.1 Å². The fraction of sp³-hybridized carbons (Fsp3) is 0.435. The van der Waals surface area contributed by atoms with E-state index in [4.69, 9.17) is 9.97 Å². The summed E-state index contributed by atoms with van der Waals surface area (Å²) in [6.07, 6.45) is 3.07. The number of nitrogens with zero attached hydrogens (tertiary/aromatic N) is 7. The van der Waals surface area contributed by atoms with Crippen molar-refractivity contribution in [1.82, 2.24) is 30.0 Å². The maximum Gasteiger partial charge on any atom is 0.260 e. The molecule has 0 saturated heterocycles. The summed E-state index contributed by atoms with van der Waals surface area (Å²) in [4.78, 5) is 26.6. The van der Waals surface area contributed by atoms with Crippen LogP contribution in [0.4, 0.5) is 11.6 Å². The molecule has 0 bridgehead atoms. The summed E-state index contributed by atoms with van der Waals surface area (Å²) in [6, 6.07) is 8.03. The van der Waals surface area contributed by atoms with E-state index in [2.05, 4.69) is 27.0 Å². The normalized spacial score (nSPS) is 17.1. The third-order valence-electron chi connectivity index (χ3n) is 6.33. The minimum atomic E-state index is -0.0505. The van der Waals surface area contributed by atoms with Crippen molar-refractivity contribution < 1.29 is 4.79 Å². The number of nitrogens with one attached hydrogen (secondary N) is 1. The summed E-state index contributed by atoms with van der Waals surface area (Å²) in [5.74, 6) is 3.14. The van der Waals surface area contributed by atoms with Crippen molar-refractivity contribution in [2.45, 2.75) is 45.3 Å². The molecule has 3 aromatic heterocycles. The van der Waals surface area contributed by atoms with Gasteiger partial charge >= 0.3 is 0 Å². The minimum Gasteiger partial charge on any atom is -0.363 e. The monoisotopic (exact) mass is 432 g/mol. The fourth-order valence-electron chi connectivity index (χ4n) is 4.64. The first-order chi connectivity index (χ1) is 15.5. The van der Waals surface area contributed by atoms with Crippen molar-refractivity contribution in [3.05, 3.63) is 46.9 Å². The maximum atomic E-state index is 13.4. The number of aryl methyl sites for hydroxylation is 1. The van der Waals surface area contributed by atoms with Crippen LogP contribution >= 0.6 is 0 Å². The van der Waals surface area contributed by atoms with Gasteiger partial charge in [-0.15, -0.1) is 10.2 Å². The van der Waals surface area contributed by atoms with Gasteiger partial charge in [0.2, 0.25) is 0 Å². The SMILES string of the molecule is CC[C@@H]1CCc2nnc(-c3cccc(N4Cc5c(cc(N(C)C)nc5CNC)C4=O)n3)n21. The molecule has 166 valence electrons. The lowest BCUT2D eigenvalue weighted by atomic mass is 10.1. The van der Waals surface area contributed by atoms with Gasteiger partial charge in [-0.05, 0) is 38.1 Å². The number of amides is 1. The van der Waals surface area contributed by atoms with Gasteiger partial charge in [-0.3, -0.25) is 9.69 Å². The van der Waals surface area contributed by atoms with E-state index in [0.717, 1.165) is 53.7 Å². The van der Waals surface area contributed by atoms with Crippen LogP contribution in [0.15, 0.2) is 24.3 Å². The number of hydrogen-bond donors (Lipinski definition) is 1. The molecule has 1 atom stereocenters. The highest BCUT2D eigenvalue weighted by Gasteiger charge is 2.33. The first kappa shape index (κ1) is 20.6. The molecule has 1 amide bonds. The van der Waals surface area contributed by atoms with Gasteiger partial charge in [0, 0.05) is 38.7 Å². The van der Waals surface area contributed by atoms with E-state index in [9.17, 15) is 4.79 Å². The van der Waals surface area contributed by atoms with E-state index in [0.29, 0.717) is 30.5 Å². The molecule has 5 heterocycles. The molecule has 0 radical (unpaired) electrons. The molecule has 9 heteroatoms. The van der Waals surface area contributed by atoms with Crippen molar-refractivity contribution in [3.8, 4) is 11.5 Å². The number of aromatic nitrogens is 5. The molecule has 32 heavy (non-hydrogen) atoms. The average molecular weight is 433 g/mol. The van der Waals surface area contributed by atoms with Crippen LogP contribution in [0.2, 0.25) is 0 Å². The molecular formula is C23H28N8O. The number of anilines is 2. The molecule has 9 nitrogen and oxygen atoms in total. The number of carbonyl (C=O) groups is 1. The zero-order chi connectivity index (χ0) is 22.4. The molecule has 2 aliphatic heterocycles. The quantitative estimate of drug-likeness (QED) is 0.640. The molecule has 2 aliphatic rings. The standard InChI is InChI=1S/C23H28N8O/c1-5-14-9-10-20-27-28-22(31(14)20)17-7-6-8-19(25-17)30-13-16-15(23(30)32)11-21(29(3)4)26-18(16)12-24-2/h6-8,11,14,24H,5,9-10,12-13H2,1-4H3/t14-/m1/s1. The van der Waals surface area contributed by atoms with Crippen LogP contribution in [0.3, 0.4) is 0 Å². The molecule has 0 unspecified atom stereocenters. The van der Waals surface area contributed by atoms with Crippen molar-refractivity contribution in [2.75, 3.05) is 30.9 Å². The Balaban J connectivity index is 1.52. The molecule has 0 aliphatic carbocycles. The number of hydrogen-bond acceptors (Lipinski definition) is 7. The minimum absolute atomic E-state index is 0.0505. The summed E-state index contributed by atoms with van der Waals surface area (Å²) in [5, 5.41) is 12.0. The first-order valence-corrected chi connectivity index (χ1v) is 11.1. The highest BCUT2D eigenvalue weighted by atomic mass is 16.2. The van der Waals surface area contributed by atoms with Gasteiger partial charge in [0.1, 0.15) is 23.2 Å². The molecule has 0 aromatic carbocycles. The van der Waals surface area contributed by atoms with Gasteiger partial charge < -0.3 is 14.8 Å². The van der Waals surface area contributed by atoms with Crippen LogP contribution in [0, 0.1) is 0 Å². The van der Waals surface area contributed by atoms with Crippen molar-refractivity contribution in [2.24, 2.45) is 0 Å². The number of pyridine rings is 2. The summed E-state index contributed by atoms with van der Waals surface area (Å²) < 4.78 is 2.21. The van der Waals surface area contributed by atoms with Gasteiger partial charge in [0.05, 0.1) is 17.8 Å². The van der Waals surface area contributed by atoms with Crippen molar-refractivity contribution in [3.63, 3.8) is 0 Å². The Labute approximate surface area is 187 Å². The van der Waals surface area contributed by atoms with Crippen LogP contribution in [0.25, 0.3) is 11.5 Å². The van der Waals surface area contributed by atoms with Gasteiger partial charge in [0.15, 0.2) is 5.82 Å². The second kappa shape index (κ2) is 7.98. The smallest absolute Gasteiger partial charge is 0.260 e. The fourth-order valence-corrected chi connectivity index (χ4v) is 4.64. The number of carbonyl (C=O) groups excluding carboxylic acids is 1. The van der Waals surface area contributed by atoms with Crippen LogP contribution < -0.4 is 15.1 Å². The zero-order valence-electron chi connectivity index (χ0n) is 19.0. The third kappa shape index (κ3) is 3.24. The third-order valence-corrected chi connectivity index (χ3v) is 6.33. The van der Waals surface area contributed by atoms with Gasteiger partial charge in [-0.1, -0.05) is 13.0 Å². The highest BCUT2D eigenvalue weighted by molar-refractivity contribution is 6.10.